The summed E-state index contributed by atoms with van der Waals surface area (Å²) in [5, 5.41) is 0. The molecule has 1 amide bonds. The second-order valence-corrected chi connectivity index (χ2v) is 8.42. The molecule has 1 aromatic carbocycles. The molecule has 0 N–H and O–H groups in total. The smallest absolute Gasteiger partial charge is 0.254 e. The van der Waals surface area contributed by atoms with Crippen LogP contribution in [0.25, 0.3) is 0 Å². The third kappa shape index (κ3) is 3.28. The van der Waals surface area contributed by atoms with Gasteiger partial charge in [0.1, 0.15) is 0 Å². The Morgan fingerprint density at radius 1 is 1.09 bits per heavy atom. The maximum atomic E-state index is 12.7. The van der Waals surface area contributed by atoms with Crippen LogP contribution in [0.3, 0.4) is 0 Å². The average molecular weight is 336 g/mol. The maximum absolute atomic E-state index is 12.7. The van der Waals surface area contributed by atoms with Gasteiger partial charge in [0.2, 0.25) is 10.0 Å². The molecular weight excluding hydrogens is 312 g/mol. The highest BCUT2D eigenvalue weighted by Gasteiger charge is 2.29. The Kier molecular flexibility index (Phi) is 4.73. The number of carbonyl (C=O) groups excluding carboxylic acids is 1. The molecule has 6 heteroatoms. The summed E-state index contributed by atoms with van der Waals surface area (Å²) >= 11 is 0. The van der Waals surface area contributed by atoms with Crippen LogP contribution in [0.5, 0.6) is 0 Å². The predicted octanol–water partition coefficient (Wildman–Crippen LogP) is 2.49. The van der Waals surface area contributed by atoms with Gasteiger partial charge >= 0.3 is 0 Å². The molecule has 0 spiro atoms. The van der Waals surface area contributed by atoms with Crippen LogP contribution in [0.4, 0.5) is 0 Å². The summed E-state index contributed by atoms with van der Waals surface area (Å²) in [6, 6.07) is 6.73. The van der Waals surface area contributed by atoms with E-state index in [-0.39, 0.29) is 16.8 Å². The van der Waals surface area contributed by atoms with Gasteiger partial charge in [0, 0.05) is 31.2 Å². The van der Waals surface area contributed by atoms with Crippen LogP contribution in [0, 0.1) is 0 Å². The molecule has 0 bridgehead atoms. The monoisotopic (exact) mass is 336 g/mol. The number of rotatable bonds is 3. The quantitative estimate of drug-likeness (QED) is 0.852. The highest BCUT2D eigenvalue weighted by atomic mass is 32.2. The molecule has 1 atom stereocenters. The molecule has 1 aromatic rings. The van der Waals surface area contributed by atoms with E-state index in [4.69, 9.17) is 0 Å². The SMILES string of the molecule is C[C@@H]1CCCCN1C(=O)c1cccc(S(=O)(=O)N2CCCC2)c1. The van der Waals surface area contributed by atoms with Gasteiger partial charge in [0.25, 0.3) is 5.91 Å². The number of likely N-dealkylation sites (tertiary alicyclic amines) is 1. The predicted molar refractivity (Wildman–Crippen MR) is 88.8 cm³/mol. The van der Waals surface area contributed by atoms with E-state index in [1.165, 1.54) is 10.4 Å². The zero-order valence-corrected chi connectivity index (χ0v) is 14.4. The molecule has 2 aliphatic heterocycles. The van der Waals surface area contributed by atoms with Crippen LogP contribution in [-0.4, -0.2) is 49.2 Å². The van der Waals surface area contributed by atoms with E-state index >= 15 is 0 Å². The van der Waals surface area contributed by atoms with Crippen molar-refractivity contribution in [2.24, 2.45) is 0 Å². The van der Waals surface area contributed by atoms with Gasteiger partial charge in [-0.25, -0.2) is 8.42 Å². The highest BCUT2D eigenvalue weighted by Crippen LogP contribution is 2.24. The van der Waals surface area contributed by atoms with Crippen molar-refractivity contribution in [2.75, 3.05) is 19.6 Å². The lowest BCUT2D eigenvalue weighted by molar-refractivity contribution is 0.0635. The van der Waals surface area contributed by atoms with Gasteiger partial charge in [0.15, 0.2) is 0 Å². The number of carbonyl (C=O) groups is 1. The van der Waals surface area contributed by atoms with E-state index in [1.54, 1.807) is 18.2 Å². The summed E-state index contributed by atoms with van der Waals surface area (Å²) in [6.45, 7) is 3.96. The number of piperidine rings is 1. The molecule has 2 saturated heterocycles. The van der Waals surface area contributed by atoms with Gasteiger partial charge in [-0.3, -0.25) is 4.79 Å². The first-order valence-corrected chi connectivity index (χ1v) is 9.85. The minimum atomic E-state index is -3.48. The van der Waals surface area contributed by atoms with E-state index in [1.807, 2.05) is 4.90 Å². The average Bonchev–Trinajstić information content (AvgIpc) is 3.10. The van der Waals surface area contributed by atoms with Crippen LogP contribution in [0.2, 0.25) is 0 Å². The summed E-state index contributed by atoms with van der Waals surface area (Å²) in [6.07, 6.45) is 4.99. The molecule has 23 heavy (non-hydrogen) atoms. The fourth-order valence-electron chi connectivity index (χ4n) is 3.43. The van der Waals surface area contributed by atoms with Gasteiger partial charge in [0.05, 0.1) is 4.90 Å². The van der Waals surface area contributed by atoms with Crippen LogP contribution < -0.4 is 0 Å². The van der Waals surface area contributed by atoms with Crippen LogP contribution in [0.15, 0.2) is 29.2 Å². The van der Waals surface area contributed by atoms with Crippen LogP contribution >= 0.6 is 0 Å². The molecule has 3 rings (SSSR count). The van der Waals surface area contributed by atoms with Crippen molar-refractivity contribution in [2.45, 2.75) is 50.0 Å². The van der Waals surface area contributed by atoms with E-state index < -0.39 is 10.0 Å². The second kappa shape index (κ2) is 6.61. The Balaban J connectivity index is 1.86. The van der Waals surface area contributed by atoms with E-state index in [9.17, 15) is 13.2 Å². The third-order valence-electron chi connectivity index (χ3n) is 4.85. The van der Waals surface area contributed by atoms with Crippen LogP contribution in [-0.2, 0) is 10.0 Å². The van der Waals surface area contributed by atoms with Gasteiger partial charge in [-0.15, -0.1) is 0 Å². The highest BCUT2D eigenvalue weighted by molar-refractivity contribution is 7.89. The first-order chi connectivity index (χ1) is 11.0. The lowest BCUT2D eigenvalue weighted by Gasteiger charge is -2.33. The molecule has 0 radical (unpaired) electrons. The number of hydrogen-bond donors (Lipinski definition) is 0. The van der Waals surface area contributed by atoms with E-state index in [2.05, 4.69) is 6.92 Å². The number of nitrogens with zero attached hydrogens (tertiary/aromatic N) is 2. The Morgan fingerprint density at radius 3 is 2.48 bits per heavy atom. The molecule has 0 aliphatic carbocycles. The van der Waals surface area contributed by atoms with E-state index in [0.717, 1.165) is 38.6 Å². The standard InChI is InChI=1S/C17H24N2O3S/c1-14-7-2-3-12-19(14)17(20)15-8-6-9-16(13-15)23(21,22)18-10-4-5-11-18/h6,8-9,13-14H,2-5,7,10-12H2,1H3/t14-/m1/s1. The Morgan fingerprint density at radius 2 is 1.78 bits per heavy atom. The zero-order chi connectivity index (χ0) is 16.4. The molecule has 0 saturated carbocycles. The summed E-state index contributed by atoms with van der Waals surface area (Å²) in [7, 11) is -3.48. The van der Waals surface area contributed by atoms with Gasteiger partial charge in [-0.2, -0.15) is 4.31 Å². The van der Waals surface area contributed by atoms with Crippen molar-refractivity contribution in [1.29, 1.82) is 0 Å². The van der Waals surface area contributed by atoms with Gasteiger partial charge in [-0.05, 0) is 57.2 Å². The molecule has 0 unspecified atom stereocenters. The Hall–Kier alpha value is -1.40. The summed E-state index contributed by atoms with van der Waals surface area (Å²) in [5.74, 6) is -0.0596. The topological polar surface area (TPSA) is 57.7 Å². The summed E-state index contributed by atoms with van der Waals surface area (Å²) in [5.41, 5.74) is 0.471. The molecule has 2 heterocycles. The Bertz CT molecular complexity index is 681. The minimum absolute atomic E-state index is 0.0596. The fraction of sp³-hybridized carbons (Fsp3) is 0.588. The number of benzene rings is 1. The largest absolute Gasteiger partial charge is 0.336 e. The first-order valence-electron chi connectivity index (χ1n) is 8.41. The molecule has 2 aliphatic rings. The number of amides is 1. The van der Waals surface area contributed by atoms with Crippen molar-refractivity contribution >= 4 is 15.9 Å². The van der Waals surface area contributed by atoms with Crippen molar-refractivity contribution in [3.8, 4) is 0 Å². The minimum Gasteiger partial charge on any atom is -0.336 e. The van der Waals surface area contributed by atoms with Gasteiger partial charge < -0.3 is 4.90 Å². The molecule has 5 nitrogen and oxygen atoms in total. The van der Waals surface area contributed by atoms with Crippen molar-refractivity contribution in [1.82, 2.24) is 9.21 Å². The van der Waals surface area contributed by atoms with Gasteiger partial charge in [-0.1, -0.05) is 6.07 Å². The summed E-state index contributed by atoms with van der Waals surface area (Å²) in [4.78, 5) is 14.8. The zero-order valence-electron chi connectivity index (χ0n) is 13.6. The van der Waals surface area contributed by atoms with Crippen molar-refractivity contribution in [3.05, 3.63) is 29.8 Å². The molecule has 126 valence electrons. The fourth-order valence-corrected chi connectivity index (χ4v) is 5.00. The molecule has 2 fully saturated rings. The molecular formula is C17H24N2O3S. The van der Waals surface area contributed by atoms with E-state index in [0.29, 0.717) is 18.7 Å². The molecule has 0 aromatic heterocycles. The maximum Gasteiger partial charge on any atom is 0.254 e. The summed E-state index contributed by atoms with van der Waals surface area (Å²) < 4.78 is 26.8. The number of sulfonamides is 1. The first kappa shape index (κ1) is 16.5. The third-order valence-corrected chi connectivity index (χ3v) is 6.74. The second-order valence-electron chi connectivity index (χ2n) is 6.48. The lowest BCUT2D eigenvalue weighted by atomic mass is 10.0. The normalized spacial score (nSPS) is 23.2. The van der Waals surface area contributed by atoms with Crippen molar-refractivity contribution < 1.29 is 13.2 Å². The van der Waals surface area contributed by atoms with Crippen LogP contribution in [0.1, 0.15) is 49.4 Å². The lowest BCUT2D eigenvalue weighted by Crippen LogP contribution is -2.42. The number of hydrogen-bond acceptors (Lipinski definition) is 3. The van der Waals surface area contributed by atoms with Crippen molar-refractivity contribution in [3.63, 3.8) is 0 Å². The Labute approximate surface area is 138 Å².